The van der Waals surface area contributed by atoms with Crippen molar-refractivity contribution in [3.63, 3.8) is 0 Å². The standard InChI is InChI=1S/C16H31NO3/c1-6-8-10-13(9-7-2)17-14(18)11-16(5,12(3)4)15(19)20/h12-13H,6-11H2,1-5H3,(H,17,18)(H,19,20). The minimum absolute atomic E-state index is 0.0480. The Morgan fingerprint density at radius 1 is 1.15 bits per heavy atom. The molecule has 2 N–H and O–H groups in total. The normalized spacial score (nSPS) is 15.7. The summed E-state index contributed by atoms with van der Waals surface area (Å²) in [5, 5.41) is 12.4. The molecule has 0 aliphatic heterocycles. The summed E-state index contributed by atoms with van der Waals surface area (Å²) in [7, 11) is 0. The van der Waals surface area contributed by atoms with Gasteiger partial charge in [0.15, 0.2) is 0 Å². The molecule has 0 heterocycles. The van der Waals surface area contributed by atoms with E-state index >= 15 is 0 Å². The fourth-order valence-electron chi connectivity index (χ4n) is 2.23. The SMILES string of the molecule is CCCCC(CCC)NC(=O)CC(C)(C(=O)O)C(C)C. The van der Waals surface area contributed by atoms with Crippen LogP contribution < -0.4 is 5.32 Å². The van der Waals surface area contributed by atoms with Crippen LogP contribution in [0.25, 0.3) is 0 Å². The summed E-state index contributed by atoms with van der Waals surface area (Å²) in [5.74, 6) is -1.12. The lowest BCUT2D eigenvalue weighted by atomic mass is 9.76. The Morgan fingerprint density at radius 2 is 1.75 bits per heavy atom. The fraction of sp³-hybridized carbons (Fsp3) is 0.875. The number of nitrogens with one attached hydrogen (secondary N) is 1. The first-order chi connectivity index (χ1) is 9.27. The largest absolute Gasteiger partial charge is 0.481 e. The highest BCUT2D eigenvalue weighted by Gasteiger charge is 2.39. The van der Waals surface area contributed by atoms with Gasteiger partial charge >= 0.3 is 5.97 Å². The maximum Gasteiger partial charge on any atom is 0.310 e. The number of amides is 1. The van der Waals surface area contributed by atoms with E-state index in [0.717, 1.165) is 32.1 Å². The van der Waals surface area contributed by atoms with E-state index in [9.17, 15) is 14.7 Å². The Labute approximate surface area is 123 Å². The van der Waals surface area contributed by atoms with Gasteiger partial charge in [0.1, 0.15) is 0 Å². The summed E-state index contributed by atoms with van der Waals surface area (Å²) in [6.07, 6.45) is 5.19. The van der Waals surface area contributed by atoms with E-state index in [4.69, 9.17) is 0 Å². The fourth-order valence-corrected chi connectivity index (χ4v) is 2.23. The van der Waals surface area contributed by atoms with Crippen LogP contribution in [0, 0.1) is 11.3 Å². The third-order valence-corrected chi connectivity index (χ3v) is 4.20. The lowest BCUT2D eigenvalue weighted by molar-refractivity contribution is -0.153. The van der Waals surface area contributed by atoms with Crippen molar-refractivity contribution in [2.45, 2.75) is 79.2 Å². The van der Waals surface area contributed by atoms with Crippen molar-refractivity contribution in [1.82, 2.24) is 5.32 Å². The minimum Gasteiger partial charge on any atom is -0.481 e. The number of unbranched alkanes of at least 4 members (excludes halogenated alkanes) is 1. The van der Waals surface area contributed by atoms with Crippen molar-refractivity contribution < 1.29 is 14.7 Å². The highest BCUT2D eigenvalue weighted by molar-refractivity contribution is 5.85. The van der Waals surface area contributed by atoms with Gasteiger partial charge in [-0.1, -0.05) is 47.0 Å². The van der Waals surface area contributed by atoms with Gasteiger partial charge in [0.25, 0.3) is 0 Å². The van der Waals surface area contributed by atoms with Crippen molar-refractivity contribution in [2.75, 3.05) is 0 Å². The second-order valence-electron chi connectivity index (χ2n) is 6.25. The van der Waals surface area contributed by atoms with Gasteiger partial charge in [0.05, 0.1) is 5.41 Å². The van der Waals surface area contributed by atoms with Crippen molar-refractivity contribution in [2.24, 2.45) is 11.3 Å². The molecule has 1 amide bonds. The van der Waals surface area contributed by atoms with Crippen LogP contribution in [-0.4, -0.2) is 23.0 Å². The maximum absolute atomic E-state index is 12.1. The van der Waals surface area contributed by atoms with Crippen LogP contribution in [0.2, 0.25) is 0 Å². The number of carbonyl (C=O) groups excluding carboxylic acids is 1. The van der Waals surface area contributed by atoms with Crippen LogP contribution in [0.1, 0.15) is 73.1 Å². The van der Waals surface area contributed by atoms with Crippen molar-refractivity contribution in [3.05, 3.63) is 0 Å². The highest BCUT2D eigenvalue weighted by atomic mass is 16.4. The molecule has 0 fully saturated rings. The van der Waals surface area contributed by atoms with E-state index in [1.807, 2.05) is 13.8 Å². The van der Waals surface area contributed by atoms with Gasteiger partial charge in [-0.05, 0) is 25.7 Å². The second-order valence-corrected chi connectivity index (χ2v) is 6.25. The lowest BCUT2D eigenvalue weighted by Gasteiger charge is -2.29. The van der Waals surface area contributed by atoms with E-state index in [1.54, 1.807) is 6.92 Å². The van der Waals surface area contributed by atoms with E-state index < -0.39 is 11.4 Å². The Kier molecular flexibility index (Phi) is 8.51. The molecule has 0 rings (SSSR count). The van der Waals surface area contributed by atoms with Crippen LogP contribution in [0.15, 0.2) is 0 Å². The monoisotopic (exact) mass is 285 g/mol. The molecule has 0 saturated carbocycles. The average Bonchev–Trinajstić information content (AvgIpc) is 2.35. The molecule has 0 aliphatic rings. The summed E-state index contributed by atoms with van der Waals surface area (Å²) in [6.45, 7) is 9.58. The van der Waals surface area contributed by atoms with Crippen LogP contribution in [-0.2, 0) is 9.59 Å². The number of hydrogen-bond donors (Lipinski definition) is 2. The van der Waals surface area contributed by atoms with Crippen molar-refractivity contribution in [3.8, 4) is 0 Å². The summed E-state index contributed by atoms with van der Waals surface area (Å²) >= 11 is 0. The van der Waals surface area contributed by atoms with E-state index in [0.29, 0.717) is 0 Å². The molecule has 0 aliphatic carbocycles. The molecular weight excluding hydrogens is 254 g/mol. The van der Waals surface area contributed by atoms with Gasteiger partial charge in [0.2, 0.25) is 5.91 Å². The highest BCUT2D eigenvalue weighted by Crippen LogP contribution is 2.31. The second kappa shape index (κ2) is 8.98. The predicted octanol–water partition coefficient (Wildman–Crippen LogP) is 3.60. The molecule has 0 spiro atoms. The molecule has 0 saturated heterocycles. The van der Waals surface area contributed by atoms with Gasteiger partial charge in [0, 0.05) is 12.5 Å². The summed E-state index contributed by atoms with van der Waals surface area (Å²) < 4.78 is 0. The predicted molar refractivity (Wildman–Crippen MR) is 81.6 cm³/mol. The van der Waals surface area contributed by atoms with Gasteiger partial charge in [-0.3, -0.25) is 9.59 Å². The third-order valence-electron chi connectivity index (χ3n) is 4.20. The zero-order valence-corrected chi connectivity index (χ0v) is 13.7. The molecule has 118 valence electrons. The number of hydrogen-bond acceptors (Lipinski definition) is 2. The topological polar surface area (TPSA) is 66.4 Å². The van der Waals surface area contributed by atoms with Gasteiger partial charge in [-0.2, -0.15) is 0 Å². The molecule has 4 nitrogen and oxygen atoms in total. The van der Waals surface area contributed by atoms with Crippen LogP contribution in [0.3, 0.4) is 0 Å². The first kappa shape index (κ1) is 18.9. The van der Waals surface area contributed by atoms with Gasteiger partial charge in [-0.15, -0.1) is 0 Å². The number of carboxylic acids is 1. The quantitative estimate of drug-likeness (QED) is 0.644. The van der Waals surface area contributed by atoms with Gasteiger partial charge in [-0.25, -0.2) is 0 Å². The molecule has 4 heteroatoms. The summed E-state index contributed by atoms with van der Waals surface area (Å²) in [5.41, 5.74) is -0.994. The third kappa shape index (κ3) is 5.93. The molecule has 0 aromatic rings. The van der Waals surface area contributed by atoms with Crippen LogP contribution >= 0.6 is 0 Å². The Hall–Kier alpha value is -1.06. The zero-order chi connectivity index (χ0) is 15.8. The maximum atomic E-state index is 12.1. The molecule has 0 bridgehead atoms. The number of rotatable bonds is 10. The summed E-state index contributed by atoms with van der Waals surface area (Å²) in [4.78, 5) is 23.5. The summed E-state index contributed by atoms with van der Waals surface area (Å²) in [6, 6.07) is 0.178. The first-order valence-electron chi connectivity index (χ1n) is 7.80. The van der Waals surface area contributed by atoms with Crippen LogP contribution in [0.5, 0.6) is 0 Å². The van der Waals surface area contributed by atoms with Crippen molar-refractivity contribution in [1.29, 1.82) is 0 Å². The Balaban J connectivity index is 4.60. The van der Waals surface area contributed by atoms with Gasteiger partial charge < -0.3 is 10.4 Å². The molecule has 0 aromatic carbocycles. The van der Waals surface area contributed by atoms with E-state index in [1.165, 1.54) is 0 Å². The number of carboxylic acid groups (broad SMARTS) is 1. The van der Waals surface area contributed by atoms with E-state index in [-0.39, 0.29) is 24.3 Å². The molecular formula is C16H31NO3. The zero-order valence-electron chi connectivity index (χ0n) is 13.7. The number of carbonyl (C=O) groups is 2. The minimum atomic E-state index is -0.994. The molecule has 2 unspecified atom stereocenters. The molecule has 20 heavy (non-hydrogen) atoms. The number of aliphatic carboxylic acids is 1. The van der Waals surface area contributed by atoms with Crippen molar-refractivity contribution >= 4 is 11.9 Å². The Bertz CT molecular complexity index is 315. The smallest absolute Gasteiger partial charge is 0.310 e. The molecule has 0 aromatic heterocycles. The molecule has 2 atom stereocenters. The van der Waals surface area contributed by atoms with Crippen LogP contribution in [0.4, 0.5) is 0 Å². The average molecular weight is 285 g/mol. The van der Waals surface area contributed by atoms with E-state index in [2.05, 4.69) is 19.2 Å². The first-order valence-corrected chi connectivity index (χ1v) is 7.80. The molecule has 0 radical (unpaired) electrons. The Morgan fingerprint density at radius 3 is 2.15 bits per heavy atom. The lowest BCUT2D eigenvalue weighted by Crippen LogP contribution is -2.42.